The van der Waals surface area contributed by atoms with Crippen molar-refractivity contribution in [1.29, 1.82) is 0 Å². The predicted octanol–water partition coefficient (Wildman–Crippen LogP) is 2.10. The van der Waals surface area contributed by atoms with Crippen molar-refractivity contribution in [3.05, 3.63) is 35.4 Å². The van der Waals surface area contributed by atoms with Crippen molar-refractivity contribution in [3.63, 3.8) is 0 Å². The number of hydrogen-bond acceptors (Lipinski definition) is 4. The van der Waals surface area contributed by atoms with Crippen molar-refractivity contribution in [2.24, 2.45) is 11.3 Å². The summed E-state index contributed by atoms with van der Waals surface area (Å²) in [5.41, 5.74) is 0.436. The number of benzene rings is 1. The van der Waals surface area contributed by atoms with E-state index in [0.29, 0.717) is 38.2 Å². The molecule has 3 rings (SSSR count). The van der Waals surface area contributed by atoms with Crippen LogP contribution in [0.2, 0.25) is 0 Å². The first-order valence-electron chi connectivity index (χ1n) is 9.96. The highest BCUT2D eigenvalue weighted by Crippen LogP contribution is 2.30. The van der Waals surface area contributed by atoms with E-state index in [2.05, 4.69) is 10.6 Å². The van der Waals surface area contributed by atoms with Crippen molar-refractivity contribution < 1.29 is 24.2 Å². The Hall–Kier alpha value is -2.41. The van der Waals surface area contributed by atoms with Crippen LogP contribution in [0.1, 0.15) is 54.4 Å². The number of amides is 2. The smallest absolute Gasteiger partial charge is 0.311 e. The summed E-state index contributed by atoms with van der Waals surface area (Å²) in [5.74, 6) is -0.954. The van der Waals surface area contributed by atoms with Crippen molar-refractivity contribution in [2.75, 3.05) is 19.8 Å². The van der Waals surface area contributed by atoms with Crippen LogP contribution in [-0.4, -0.2) is 42.6 Å². The van der Waals surface area contributed by atoms with Crippen molar-refractivity contribution in [1.82, 2.24) is 10.6 Å². The van der Waals surface area contributed by atoms with Crippen LogP contribution in [-0.2, 0) is 20.9 Å². The maximum absolute atomic E-state index is 12.4. The fourth-order valence-electron chi connectivity index (χ4n) is 3.88. The summed E-state index contributed by atoms with van der Waals surface area (Å²) in [6.45, 7) is 1.32. The monoisotopic (exact) mass is 388 g/mol. The second-order valence-electron chi connectivity index (χ2n) is 7.78. The molecule has 1 saturated carbocycles. The zero-order chi connectivity index (χ0) is 20.0. The molecular formula is C21H28N2O5. The fraction of sp³-hybridized carbons (Fsp3) is 0.571. The first kappa shape index (κ1) is 20.3. The molecule has 152 valence electrons. The van der Waals surface area contributed by atoms with Crippen LogP contribution in [0.5, 0.6) is 0 Å². The Morgan fingerprint density at radius 3 is 2.29 bits per heavy atom. The molecule has 0 atom stereocenters. The van der Waals surface area contributed by atoms with Crippen molar-refractivity contribution in [2.45, 2.75) is 45.1 Å². The van der Waals surface area contributed by atoms with E-state index >= 15 is 0 Å². The van der Waals surface area contributed by atoms with Gasteiger partial charge in [-0.2, -0.15) is 0 Å². The quantitative estimate of drug-likeness (QED) is 0.664. The maximum atomic E-state index is 12.4. The molecule has 1 aliphatic carbocycles. The van der Waals surface area contributed by atoms with E-state index in [-0.39, 0.29) is 24.3 Å². The molecule has 7 nitrogen and oxygen atoms in total. The molecule has 0 spiro atoms. The van der Waals surface area contributed by atoms with Crippen LogP contribution >= 0.6 is 0 Å². The number of carboxylic acids is 1. The summed E-state index contributed by atoms with van der Waals surface area (Å²) in [7, 11) is 0. The molecule has 0 aromatic heterocycles. The van der Waals surface area contributed by atoms with Gasteiger partial charge >= 0.3 is 5.97 Å². The minimum absolute atomic E-state index is 0.0870. The molecule has 0 radical (unpaired) electrons. The van der Waals surface area contributed by atoms with E-state index in [0.717, 1.165) is 31.2 Å². The van der Waals surface area contributed by atoms with E-state index in [1.807, 2.05) is 12.1 Å². The highest BCUT2D eigenvalue weighted by atomic mass is 16.5. The van der Waals surface area contributed by atoms with Gasteiger partial charge in [-0.25, -0.2) is 0 Å². The third-order valence-corrected chi connectivity index (χ3v) is 5.90. The predicted molar refractivity (Wildman–Crippen MR) is 103 cm³/mol. The zero-order valence-corrected chi connectivity index (χ0v) is 16.0. The summed E-state index contributed by atoms with van der Waals surface area (Å²) in [6.07, 6.45) is 4.96. The summed E-state index contributed by atoms with van der Waals surface area (Å²) >= 11 is 0. The van der Waals surface area contributed by atoms with Crippen molar-refractivity contribution in [3.8, 4) is 0 Å². The van der Waals surface area contributed by atoms with Crippen LogP contribution < -0.4 is 10.6 Å². The van der Waals surface area contributed by atoms with Gasteiger partial charge in [0.05, 0.1) is 5.41 Å². The Labute approximate surface area is 164 Å². The second kappa shape index (κ2) is 9.19. The molecule has 28 heavy (non-hydrogen) atoms. The van der Waals surface area contributed by atoms with Gasteiger partial charge in [-0.15, -0.1) is 0 Å². The molecule has 1 heterocycles. The number of ether oxygens (including phenoxy) is 1. The number of aliphatic carboxylic acids is 1. The largest absolute Gasteiger partial charge is 0.481 e. The summed E-state index contributed by atoms with van der Waals surface area (Å²) in [6, 6.07) is 7.02. The lowest BCUT2D eigenvalue weighted by atomic mass is 9.80. The average molecular weight is 388 g/mol. The van der Waals surface area contributed by atoms with Gasteiger partial charge in [0.1, 0.15) is 0 Å². The fourth-order valence-corrected chi connectivity index (χ4v) is 3.88. The van der Waals surface area contributed by atoms with Gasteiger partial charge in [-0.05, 0) is 43.4 Å². The highest BCUT2D eigenvalue weighted by Gasteiger charge is 2.40. The SMILES string of the molecule is O=C(NCC1(C(=O)O)CCOCC1)c1ccc(CNC(=O)C2CCCC2)cc1. The Kier molecular flexibility index (Phi) is 6.67. The summed E-state index contributed by atoms with van der Waals surface area (Å²) in [5, 5.41) is 15.3. The van der Waals surface area contributed by atoms with Gasteiger partial charge in [0.15, 0.2) is 0 Å². The normalized spacial score (nSPS) is 19.1. The van der Waals surface area contributed by atoms with E-state index in [9.17, 15) is 19.5 Å². The molecule has 1 saturated heterocycles. The molecule has 0 unspecified atom stereocenters. The topological polar surface area (TPSA) is 105 Å². The van der Waals surface area contributed by atoms with Gasteiger partial charge < -0.3 is 20.5 Å². The van der Waals surface area contributed by atoms with Gasteiger partial charge in [-0.3, -0.25) is 14.4 Å². The van der Waals surface area contributed by atoms with Crippen LogP contribution in [0.3, 0.4) is 0 Å². The standard InChI is InChI=1S/C21H28N2O5/c24-18(16-3-1-2-4-16)22-13-15-5-7-17(8-6-15)19(25)23-14-21(20(26)27)9-11-28-12-10-21/h5-8,16H,1-4,9-14H2,(H,22,24)(H,23,25)(H,26,27). The van der Waals surface area contributed by atoms with E-state index in [1.54, 1.807) is 12.1 Å². The number of nitrogens with one attached hydrogen (secondary N) is 2. The Bertz CT molecular complexity index is 704. The molecule has 7 heteroatoms. The van der Waals surface area contributed by atoms with Crippen LogP contribution in [0.4, 0.5) is 0 Å². The minimum Gasteiger partial charge on any atom is -0.481 e. The molecule has 1 aromatic carbocycles. The van der Waals surface area contributed by atoms with Gasteiger partial charge in [-0.1, -0.05) is 25.0 Å². The van der Waals surface area contributed by atoms with E-state index < -0.39 is 11.4 Å². The zero-order valence-electron chi connectivity index (χ0n) is 16.0. The number of carbonyl (C=O) groups excluding carboxylic acids is 2. The highest BCUT2D eigenvalue weighted by molar-refractivity contribution is 5.94. The van der Waals surface area contributed by atoms with Gasteiger partial charge in [0.25, 0.3) is 5.91 Å². The molecule has 2 amide bonds. The summed E-state index contributed by atoms with van der Waals surface area (Å²) in [4.78, 5) is 36.1. The van der Waals surface area contributed by atoms with Gasteiger partial charge in [0.2, 0.25) is 5.91 Å². The first-order chi connectivity index (χ1) is 13.5. The van der Waals surface area contributed by atoms with Crippen LogP contribution in [0, 0.1) is 11.3 Å². The van der Waals surface area contributed by atoms with E-state index in [4.69, 9.17) is 4.74 Å². The Morgan fingerprint density at radius 1 is 1.04 bits per heavy atom. The second-order valence-corrected chi connectivity index (χ2v) is 7.78. The number of carboxylic acid groups (broad SMARTS) is 1. The maximum Gasteiger partial charge on any atom is 0.311 e. The Morgan fingerprint density at radius 2 is 1.68 bits per heavy atom. The van der Waals surface area contributed by atoms with Gasteiger partial charge in [0, 0.05) is 37.8 Å². The third kappa shape index (κ3) is 4.90. The molecule has 2 fully saturated rings. The van der Waals surface area contributed by atoms with Crippen LogP contribution in [0.25, 0.3) is 0 Å². The number of rotatable bonds is 7. The van der Waals surface area contributed by atoms with E-state index in [1.165, 1.54) is 0 Å². The number of hydrogen-bond donors (Lipinski definition) is 3. The van der Waals surface area contributed by atoms with Crippen molar-refractivity contribution >= 4 is 17.8 Å². The lowest BCUT2D eigenvalue weighted by Crippen LogP contribution is -2.46. The average Bonchev–Trinajstić information content (AvgIpc) is 3.26. The van der Waals surface area contributed by atoms with Crippen LogP contribution in [0.15, 0.2) is 24.3 Å². The Balaban J connectivity index is 1.50. The lowest BCUT2D eigenvalue weighted by molar-refractivity contribution is -0.154. The lowest BCUT2D eigenvalue weighted by Gasteiger charge is -2.33. The molecule has 1 aliphatic heterocycles. The molecule has 3 N–H and O–H groups in total. The minimum atomic E-state index is -0.960. The molecule has 0 bridgehead atoms. The third-order valence-electron chi connectivity index (χ3n) is 5.90. The molecule has 1 aromatic rings. The first-order valence-corrected chi connectivity index (χ1v) is 9.96. The molecular weight excluding hydrogens is 360 g/mol. The summed E-state index contributed by atoms with van der Waals surface area (Å²) < 4.78 is 5.25. The number of carbonyl (C=O) groups is 3. The molecule has 2 aliphatic rings.